The Bertz CT molecular complexity index is 243. The molecule has 18 heavy (non-hydrogen) atoms. The molecule has 0 aliphatic rings. The normalized spacial score (nSPS) is 14.4. The van der Waals surface area contributed by atoms with E-state index in [4.69, 9.17) is 9.47 Å². The lowest BCUT2D eigenvalue weighted by atomic mass is 9.98. The molecule has 0 aromatic carbocycles. The van der Waals surface area contributed by atoms with Gasteiger partial charge in [-0.05, 0) is 11.8 Å². The van der Waals surface area contributed by atoms with E-state index < -0.39 is 0 Å². The fraction of sp³-hybridized carbons (Fsp3) is 0.857. The van der Waals surface area contributed by atoms with Crippen molar-refractivity contribution in [2.75, 3.05) is 13.2 Å². The third-order valence-electron chi connectivity index (χ3n) is 3.32. The SMILES string of the molecule is CC(C)C(C)C(=O)OCCOC(=O)C(C)C(C)C. The maximum atomic E-state index is 11.5. The van der Waals surface area contributed by atoms with Crippen molar-refractivity contribution in [2.24, 2.45) is 23.7 Å². The molecule has 2 atom stereocenters. The number of hydrogen-bond donors (Lipinski definition) is 0. The zero-order valence-corrected chi connectivity index (χ0v) is 12.4. The number of carbonyl (C=O) groups excluding carboxylic acids is 2. The molecule has 0 amide bonds. The molecule has 4 nitrogen and oxygen atoms in total. The van der Waals surface area contributed by atoms with Crippen LogP contribution in [0.4, 0.5) is 0 Å². The Morgan fingerprint density at radius 2 is 1.00 bits per heavy atom. The molecule has 0 aromatic heterocycles. The number of esters is 2. The minimum atomic E-state index is -0.238. The highest BCUT2D eigenvalue weighted by molar-refractivity contribution is 5.73. The van der Waals surface area contributed by atoms with Crippen LogP contribution in [0.15, 0.2) is 0 Å². The first kappa shape index (κ1) is 16.9. The summed E-state index contributed by atoms with van der Waals surface area (Å²) < 4.78 is 10.1. The van der Waals surface area contributed by atoms with E-state index in [9.17, 15) is 9.59 Å². The summed E-state index contributed by atoms with van der Waals surface area (Å²) in [4.78, 5) is 23.0. The van der Waals surface area contributed by atoms with Crippen LogP contribution >= 0.6 is 0 Å². The fourth-order valence-electron chi connectivity index (χ4n) is 1.09. The molecule has 0 saturated heterocycles. The largest absolute Gasteiger partial charge is 0.462 e. The number of rotatable bonds is 7. The van der Waals surface area contributed by atoms with E-state index in [-0.39, 0.29) is 48.8 Å². The van der Waals surface area contributed by atoms with Crippen LogP contribution < -0.4 is 0 Å². The average Bonchev–Trinajstić information content (AvgIpc) is 2.31. The van der Waals surface area contributed by atoms with Crippen LogP contribution in [0.1, 0.15) is 41.5 Å². The van der Waals surface area contributed by atoms with Gasteiger partial charge in [-0.1, -0.05) is 41.5 Å². The average molecular weight is 258 g/mol. The smallest absolute Gasteiger partial charge is 0.309 e. The van der Waals surface area contributed by atoms with Crippen molar-refractivity contribution < 1.29 is 19.1 Å². The van der Waals surface area contributed by atoms with Crippen LogP contribution in [0, 0.1) is 23.7 Å². The van der Waals surface area contributed by atoms with Gasteiger partial charge in [0.25, 0.3) is 0 Å². The highest BCUT2D eigenvalue weighted by Crippen LogP contribution is 2.12. The molecule has 0 aliphatic heterocycles. The van der Waals surface area contributed by atoms with E-state index in [2.05, 4.69) is 0 Å². The molecule has 4 heteroatoms. The predicted octanol–water partition coefficient (Wildman–Crippen LogP) is 2.66. The van der Waals surface area contributed by atoms with Gasteiger partial charge in [0.2, 0.25) is 0 Å². The Hall–Kier alpha value is -1.06. The van der Waals surface area contributed by atoms with Crippen molar-refractivity contribution in [3.63, 3.8) is 0 Å². The quantitative estimate of drug-likeness (QED) is 0.520. The van der Waals surface area contributed by atoms with Crippen molar-refractivity contribution in [1.82, 2.24) is 0 Å². The summed E-state index contributed by atoms with van der Waals surface area (Å²) in [6.07, 6.45) is 0. The van der Waals surface area contributed by atoms with Crippen LogP contribution in [-0.2, 0) is 19.1 Å². The molecule has 2 unspecified atom stereocenters. The first-order valence-corrected chi connectivity index (χ1v) is 6.60. The Labute approximate surface area is 110 Å². The molecule has 0 radical (unpaired) electrons. The zero-order valence-electron chi connectivity index (χ0n) is 12.4. The van der Waals surface area contributed by atoms with Gasteiger partial charge in [0.15, 0.2) is 0 Å². The molecule has 106 valence electrons. The van der Waals surface area contributed by atoms with Gasteiger partial charge in [-0.15, -0.1) is 0 Å². The molecular weight excluding hydrogens is 232 g/mol. The highest BCUT2D eigenvalue weighted by Gasteiger charge is 2.19. The van der Waals surface area contributed by atoms with Crippen molar-refractivity contribution in [3.8, 4) is 0 Å². The topological polar surface area (TPSA) is 52.6 Å². The van der Waals surface area contributed by atoms with E-state index in [0.29, 0.717) is 0 Å². The number of ether oxygens (including phenoxy) is 2. The van der Waals surface area contributed by atoms with Crippen molar-refractivity contribution in [1.29, 1.82) is 0 Å². The third kappa shape index (κ3) is 6.03. The van der Waals surface area contributed by atoms with Crippen LogP contribution in [0.25, 0.3) is 0 Å². The van der Waals surface area contributed by atoms with Crippen LogP contribution in [0.5, 0.6) is 0 Å². The molecule has 0 fully saturated rings. The van der Waals surface area contributed by atoms with Crippen LogP contribution in [-0.4, -0.2) is 25.2 Å². The lowest BCUT2D eigenvalue weighted by molar-refractivity contribution is -0.158. The van der Waals surface area contributed by atoms with Gasteiger partial charge in [0.05, 0.1) is 11.8 Å². The summed E-state index contributed by atoms with van der Waals surface area (Å²) in [5, 5.41) is 0. The molecule has 0 spiro atoms. The van der Waals surface area contributed by atoms with Gasteiger partial charge in [-0.2, -0.15) is 0 Å². The van der Waals surface area contributed by atoms with E-state index >= 15 is 0 Å². The standard InChI is InChI=1S/C14H26O4/c1-9(2)11(5)13(15)17-7-8-18-14(16)12(6)10(3)4/h9-12H,7-8H2,1-6H3. The van der Waals surface area contributed by atoms with Gasteiger partial charge < -0.3 is 9.47 Å². The maximum Gasteiger partial charge on any atom is 0.309 e. The Kier molecular flexibility index (Phi) is 7.64. The third-order valence-corrected chi connectivity index (χ3v) is 3.32. The van der Waals surface area contributed by atoms with E-state index in [1.165, 1.54) is 0 Å². The van der Waals surface area contributed by atoms with E-state index in [1.807, 2.05) is 41.5 Å². The molecule has 0 N–H and O–H groups in total. The Balaban J connectivity index is 3.81. The predicted molar refractivity (Wildman–Crippen MR) is 69.9 cm³/mol. The van der Waals surface area contributed by atoms with Gasteiger partial charge >= 0.3 is 11.9 Å². The molecule has 0 bridgehead atoms. The molecule has 0 rings (SSSR count). The van der Waals surface area contributed by atoms with Crippen molar-refractivity contribution in [2.45, 2.75) is 41.5 Å². The maximum absolute atomic E-state index is 11.5. The summed E-state index contributed by atoms with van der Waals surface area (Å²) in [5.74, 6) is -0.233. The minimum Gasteiger partial charge on any atom is -0.462 e. The van der Waals surface area contributed by atoms with Crippen LogP contribution in [0.3, 0.4) is 0 Å². The number of hydrogen-bond acceptors (Lipinski definition) is 4. The first-order valence-electron chi connectivity index (χ1n) is 6.60. The lowest BCUT2D eigenvalue weighted by Gasteiger charge is -2.16. The van der Waals surface area contributed by atoms with E-state index in [1.54, 1.807) is 0 Å². The summed E-state index contributed by atoms with van der Waals surface area (Å²) in [5.41, 5.74) is 0. The first-order chi connectivity index (χ1) is 8.27. The second kappa shape index (κ2) is 8.11. The second-order valence-electron chi connectivity index (χ2n) is 5.40. The summed E-state index contributed by atoms with van der Waals surface area (Å²) in [6, 6.07) is 0. The monoisotopic (exact) mass is 258 g/mol. The minimum absolute atomic E-state index is 0.129. The molecule has 0 aromatic rings. The highest BCUT2D eigenvalue weighted by atomic mass is 16.6. The molecule has 0 heterocycles. The fourth-order valence-corrected chi connectivity index (χ4v) is 1.09. The van der Waals surface area contributed by atoms with Gasteiger partial charge in [-0.25, -0.2) is 0 Å². The molecule has 0 saturated carbocycles. The van der Waals surface area contributed by atoms with Gasteiger partial charge in [-0.3, -0.25) is 9.59 Å². The van der Waals surface area contributed by atoms with Gasteiger partial charge in [0, 0.05) is 0 Å². The summed E-state index contributed by atoms with van der Waals surface area (Å²) >= 11 is 0. The van der Waals surface area contributed by atoms with Crippen LogP contribution in [0.2, 0.25) is 0 Å². The lowest BCUT2D eigenvalue weighted by Crippen LogP contribution is -2.24. The zero-order chi connectivity index (χ0) is 14.3. The van der Waals surface area contributed by atoms with Crippen molar-refractivity contribution in [3.05, 3.63) is 0 Å². The Morgan fingerprint density at radius 3 is 1.22 bits per heavy atom. The van der Waals surface area contributed by atoms with Crippen molar-refractivity contribution >= 4 is 11.9 Å². The van der Waals surface area contributed by atoms with E-state index in [0.717, 1.165) is 0 Å². The summed E-state index contributed by atoms with van der Waals surface area (Å²) in [7, 11) is 0. The number of carbonyl (C=O) groups is 2. The van der Waals surface area contributed by atoms with Gasteiger partial charge in [0.1, 0.15) is 13.2 Å². The summed E-state index contributed by atoms with van der Waals surface area (Å²) in [6.45, 7) is 11.8. The molecule has 0 aliphatic carbocycles. The Morgan fingerprint density at radius 1 is 0.722 bits per heavy atom. The second-order valence-corrected chi connectivity index (χ2v) is 5.40. The molecular formula is C14H26O4.